The molecule has 0 radical (unpaired) electrons. The van der Waals surface area contributed by atoms with Crippen LogP contribution in [0.3, 0.4) is 0 Å². The Balaban J connectivity index is 2.08. The van der Waals surface area contributed by atoms with Gasteiger partial charge in [-0.05, 0) is 20.8 Å². The van der Waals surface area contributed by atoms with Crippen molar-refractivity contribution in [3.05, 3.63) is 41.6 Å². The molecule has 108 valence electrons. The third kappa shape index (κ3) is 3.46. The summed E-state index contributed by atoms with van der Waals surface area (Å²) >= 11 is 0. The summed E-state index contributed by atoms with van der Waals surface area (Å²) in [5.74, 6) is 0.628. The van der Waals surface area contributed by atoms with Crippen LogP contribution in [0.15, 0.2) is 34.9 Å². The number of aryl methyl sites for hydroxylation is 1. The number of sulfonamides is 1. The second-order valence-electron chi connectivity index (χ2n) is 4.96. The molecule has 0 amide bonds. The van der Waals surface area contributed by atoms with E-state index in [1.165, 1.54) is 0 Å². The zero-order valence-electron chi connectivity index (χ0n) is 11.8. The van der Waals surface area contributed by atoms with E-state index in [2.05, 4.69) is 9.88 Å². The third-order valence-electron chi connectivity index (χ3n) is 2.97. The molecule has 1 heterocycles. The van der Waals surface area contributed by atoms with Gasteiger partial charge < -0.3 is 4.52 Å². The highest BCUT2D eigenvalue weighted by Crippen LogP contribution is 2.20. The van der Waals surface area contributed by atoms with Crippen molar-refractivity contribution < 1.29 is 12.9 Å². The number of hydrogen-bond acceptors (Lipinski definition) is 4. The van der Waals surface area contributed by atoms with Gasteiger partial charge in [-0.2, -0.15) is 0 Å². The molecular weight excluding hydrogens is 276 g/mol. The van der Waals surface area contributed by atoms with Crippen molar-refractivity contribution in [2.75, 3.05) is 0 Å². The number of rotatable bonds is 5. The Hall–Kier alpha value is -1.66. The summed E-state index contributed by atoms with van der Waals surface area (Å²) in [5, 5.41) is 3.41. The van der Waals surface area contributed by atoms with Gasteiger partial charge in [-0.1, -0.05) is 35.0 Å². The maximum atomic E-state index is 11.6. The Morgan fingerprint density at radius 2 is 1.90 bits per heavy atom. The summed E-state index contributed by atoms with van der Waals surface area (Å²) in [6.07, 6.45) is 0. The molecule has 0 atom stereocenters. The summed E-state index contributed by atoms with van der Waals surface area (Å²) in [6.45, 7) is 5.40. The summed E-state index contributed by atoms with van der Waals surface area (Å²) in [5.41, 5.74) is 2.64. The lowest BCUT2D eigenvalue weighted by Crippen LogP contribution is -2.30. The molecule has 1 N–H and O–H groups in total. The fraction of sp³-hybridized carbons (Fsp3) is 0.357. The summed E-state index contributed by atoms with van der Waals surface area (Å²) < 4.78 is 31.0. The first-order valence-electron chi connectivity index (χ1n) is 6.39. The number of nitrogens with zero attached hydrogens (tertiary/aromatic N) is 1. The first-order valence-corrected chi connectivity index (χ1v) is 7.94. The van der Waals surface area contributed by atoms with Gasteiger partial charge in [0.15, 0.2) is 5.76 Å². The largest absolute Gasteiger partial charge is 0.356 e. The molecule has 0 aliphatic carbocycles. The molecule has 0 saturated heterocycles. The van der Waals surface area contributed by atoms with Crippen LogP contribution in [0.2, 0.25) is 0 Å². The smallest absolute Gasteiger partial charge is 0.214 e. The molecule has 5 nitrogen and oxygen atoms in total. The summed E-state index contributed by atoms with van der Waals surface area (Å²) in [4.78, 5) is 0. The normalized spacial score (nSPS) is 12.0. The minimum absolute atomic E-state index is 0.135. The molecule has 6 heteroatoms. The predicted octanol–water partition coefficient (Wildman–Crippen LogP) is 2.48. The van der Waals surface area contributed by atoms with E-state index in [-0.39, 0.29) is 6.54 Å². The maximum absolute atomic E-state index is 11.6. The topological polar surface area (TPSA) is 72.2 Å². The molecule has 20 heavy (non-hydrogen) atoms. The molecule has 0 bridgehead atoms. The van der Waals surface area contributed by atoms with Gasteiger partial charge in [0.1, 0.15) is 0 Å². The third-order valence-corrected chi connectivity index (χ3v) is 4.76. The van der Waals surface area contributed by atoms with Crippen molar-refractivity contribution in [1.82, 2.24) is 9.88 Å². The molecule has 0 saturated carbocycles. The number of benzene rings is 1. The Kier molecular flexibility index (Phi) is 4.25. The van der Waals surface area contributed by atoms with E-state index in [0.717, 1.165) is 11.1 Å². The lowest BCUT2D eigenvalue weighted by atomic mass is 10.1. The first kappa shape index (κ1) is 14.7. The van der Waals surface area contributed by atoms with Gasteiger partial charge in [-0.25, -0.2) is 13.1 Å². The van der Waals surface area contributed by atoms with Gasteiger partial charge in [0, 0.05) is 11.6 Å². The fourth-order valence-electron chi connectivity index (χ4n) is 1.59. The van der Waals surface area contributed by atoms with Crippen molar-refractivity contribution >= 4 is 10.0 Å². The SMILES string of the molecule is Cc1ccc(-c2cc(CNS(=O)(=O)C(C)C)no2)cc1. The monoisotopic (exact) mass is 294 g/mol. The van der Waals surface area contributed by atoms with E-state index in [4.69, 9.17) is 4.52 Å². The lowest BCUT2D eigenvalue weighted by molar-refractivity contribution is 0.422. The number of nitrogens with one attached hydrogen (secondary N) is 1. The standard InChI is InChI=1S/C14H18N2O3S/c1-10(2)20(17,18)15-9-13-8-14(19-16-13)12-6-4-11(3)5-7-12/h4-8,10,15H,9H2,1-3H3. The Morgan fingerprint density at radius 3 is 2.50 bits per heavy atom. The highest BCUT2D eigenvalue weighted by atomic mass is 32.2. The van der Waals surface area contributed by atoms with Crippen molar-refractivity contribution in [1.29, 1.82) is 0 Å². The van der Waals surface area contributed by atoms with Gasteiger partial charge in [0.2, 0.25) is 10.0 Å². The van der Waals surface area contributed by atoms with Crippen LogP contribution >= 0.6 is 0 Å². The quantitative estimate of drug-likeness (QED) is 0.919. The van der Waals surface area contributed by atoms with Crippen LogP contribution < -0.4 is 4.72 Å². The molecule has 0 aliphatic heterocycles. The van der Waals surface area contributed by atoms with E-state index in [0.29, 0.717) is 11.5 Å². The fourth-order valence-corrected chi connectivity index (χ4v) is 2.27. The van der Waals surface area contributed by atoms with Gasteiger partial charge in [-0.15, -0.1) is 0 Å². The van der Waals surface area contributed by atoms with Gasteiger partial charge >= 0.3 is 0 Å². The van der Waals surface area contributed by atoms with Crippen LogP contribution in [-0.2, 0) is 16.6 Å². The molecule has 0 fully saturated rings. The van der Waals surface area contributed by atoms with E-state index >= 15 is 0 Å². The highest BCUT2D eigenvalue weighted by molar-refractivity contribution is 7.90. The zero-order valence-corrected chi connectivity index (χ0v) is 12.6. The Morgan fingerprint density at radius 1 is 1.25 bits per heavy atom. The van der Waals surface area contributed by atoms with Crippen LogP contribution in [0, 0.1) is 6.92 Å². The van der Waals surface area contributed by atoms with Crippen LogP contribution in [0.5, 0.6) is 0 Å². The molecule has 0 spiro atoms. The van der Waals surface area contributed by atoms with Crippen molar-refractivity contribution in [2.45, 2.75) is 32.6 Å². The van der Waals surface area contributed by atoms with E-state index < -0.39 is 15.3 Å². The molecule has 2 rings (SSSR count). The molecular formula is C14H18N2O3S. The first-order chi connectivity index (χ1) is 9.38. The predicted molar refractivity (Wildman–Crippen MR) is 77.6 cm³/mol. The second-order valence-corrected chi connectivity index (χ2v) is 7.28. The van der Waals surface area contributed by atoms with Crippen LogP contribution in [0.25, 0.3) is 11.3 Å². The molecule has 0 aliphatic rings. The van der Waals surface area contributed by atoms with Gasteiger partial charge in [-0.3, -0.25) is 0 Å². The van der Waals surface area contributed by atoms with Gasteiger partial charge in [0.05, 0.1) is 17.5 Å². The molecule has 1 aromatic heterocycles. The molecule has 0 unspecified atom stereocenters. The van der Waals surface area contributed by atoms with Gasteiger partial charge in [0.25, 0.3) is 0 Å². The average Bonchev–Trinajstić information content (AvgIpc) is 2.86. The zero-order chi connectivity index (χ0) is 14.8. The minimum atomic E-state index is -3.29. The van der Waals surface area contributed by atoms with Crippen molar-refractivity contribution in [3.63, 3.8) is 0 Å². The van der Waals surface area contributed by atoms with Crippen molar-refractivity contribution in [3.8, 4) is 11.3 Å². The van der Waals surface area contributed by atoms with E-state index in [1.807, 2.05) is 31.2 Å². The molecule has 1 aromatic carbocycles. The van der Waals surface area contributed by atoms with Crippen LogP contribution in [-0.4, -0.2) is 18.8 Å². The van der Waals surface area contributed by atoms with E-state index in [9.17, 15) is 8.42 Å². The Bertz CT molecular complexity index is 673. The van der Waals surface area contributed by atoms with Crippen LogP contribution in [0.1, 0.15) is 25.1 Å². The number of aromatic nitrogens is 1. The van der Waals surface area contributed by atoms with E-state index in [1.54, 1.807) is 19.9 Å². The number of hydrogen-bond donors (Lipinski definition) is 1. The highest BCUT2D eigenvalue weighted by Gasteiger charge is 2.16. The maximum Gasteiger partial charge on any atom is 0.214 e. The summed E-state index contributed by atoms with van der Waals surface area (Å²) in [7, 11) is -3.29. The van der Waals surface area contributed by atoms with Crippen LogP contribution in [0.4, 0.5) is 0 Å². The van der Waals surface area contributed by atoms with Crippen molar-refractivity contribution in [2.24, 2.45) is 0 Å². The lowest BCUT2D eigenvalue weighted by Gasteiger charge is -2.07. The minimum Gasteiger partial charge on any atom is -0.356 e. The average molecular weight is 294 g/mol. The summed E-state index contributed by atoms with van der Waals surface area (Å²) in [6, 6.07) is 9.60. The second kappa shape index (κ2) is 5.76. The Labute approximate surface area is 119 Å². The molecule has 2 aromatic rings.